The number of nitrogens with zero attached hydrogens (tertiary/aromatic N) is 2. The van der Waals surface area contributed by atoms with Crippen molar-refractivity contribution < 1.29 is 9.53 Å². The topological polar surface area (TPSA) is 44.8 Å². The summed E-state index contributed by atoms with van der Waals surface area (Å²) < 4.78 is 5.40. The number of rotatable bonds is 6. The first-order valence-corrected chi connectivity index (χ1v) is 8.46. The van der Waals surface area contributed by atoms with Crippen LogP contribution in [0.1, 0.15) is 40.5 Å². The second kappa shape index (κ2) is 7.56. The molecule has 2 aliphatic heterocycles. The van der Waals surface area contributed by atoms with Crippen LogP contribution in [0.25, 0.3) is 0 Å². The van der Waals surface area contributed by atoms with E-state index in [1.807, 2.05) is 0 Å². The van der Waals surface area contributed by atoms with Crippen molar-refractivity contribution in [3.05, 3.63) is 0 Å². The molecule has 5 heteroatoms. The first-order chi connectivity index (χ1) is 10.1. The Morgan fingerprint density at radius 2 is 1.95 bits per heavy atom. The fraction of sp³-hybridized carbons (Fsp3) is 0.938. The Balaban J connectivity index is 1.99. The van der Waals surface area contributed by atoms with E-state index in [4.69, 9.17) is 4.74 Å². The maximum atomic E-state index is 12.8. The number of nitrogens with one attached hydrogen (secondary N) is 1. The standard InChI is InChI=1S/C16H31N3O2/c1-5-12(3)15-16(20)19(14(6-2)17-15)13(4)11-18-7-9-21-10-8-18/h12-15,17H,5-11H2,1-4H3. The summed E-state index contributed by atoms with van der Waals surface area (Å²) in [5.74, 6) is 0.684. The number of ether oxygens (including phenoxy) is 1. The van der Waals surface area contributed by atoms with Crippen molar-refractivity contribution in [2.24, 2.45) is 5.92 Å². The second-order valence-corrected chi connectivity index (χ2v) is 6.46. The molecule has 0 saturated carbocycles. The SMILES string of the molecule is CCC(C)C1NC(CC)N(C(C)CN2CCOCC2)C1=O. The molecule has 2 saturated heterocycles. The molecule has 0 aromatic carbocycles. The molecule has 2 rings (SSSR count). The van der Waals surface area contributed by atoms with Gasteiger partial charge in [-0.1, -0.05) is 27.2 Å². The quantitative estimate of drug-likeness (QED) is 0.802. The van der Waals surface area contributed by atoms with Crippen molar-refractivity contribution in [2.75, 3.05) is 32.8 Å². The maximum Gasteiger partial charge on any atom is 0.241 e. The van der Waals surface area contributed by atoms with E-state index in [0.29, 0.717) is 5.92 Å². The molecule has 0 bridgehead atoms. The zero-order valence-electron chi connectivity index (χ0n) is 14.0. The number of morpholine rings is 1. The van der Waals surface area contributed by atoms with Gasteiger partial charge in [-0.2, -0.15) is 0 Å². The lowest BCUT2D eigenvalue weighted by Gasteiger charge is -2.35. The molecule has 4 unspecified atom stereocenters. The minimum absolute atomic E-state index is 0.00732. The van der Waals surface area contributed by atoms with Crippen LogP contribution in [0, 0.1) is 5.92 Å². The highest BCUT2D eigenvalue weighted by molar-refractivity contribution is 5.85. The molecule has 1 amide bonds. The monoisotopic (exact) mass is 297 g/mol. The molecule has 122 valence electrons. The van der Waals surface area contributed by atoms with E-state index in [9.17, 15) is 4.79 Å². The predicted octanol–water partition coefficient (Wildman–Crippen LogP) is 1.29. The summed E-state index contributed by atoms with van der Waals surface area (Å²) in [6.07, 6.45) is 2.19. The normalized spacial score (nSPS) is 30.7. The van der Waals surface area contributed by atoms with Gasteiger partial charge in [0.25, 0.3) is 0 Å². The average Bonchev–Trinajstić information content (AvgIpc) is 2.84. The Bertz CT molecular complexity index is 344. The van der Waals surface area contributed by atoms with Crippen LogP contribution in [0.3, 0.4) is 0 Å². The van der Waals surface area contributed by atoms with E-state index in [1.54, 1.807) is 0 Å². The van der Waals surface area contributed by atoms with Gasteiger partial charge in [0, 0.05) is 25.7 Å². The van der Waals surface area contributed by atoms with Gasteiger partial charge in [0.15, 0.2) is 0 Å². The van der Waals surface area contributed by atoms with Gasteiger partial charge in [-0.25, -0.2) is 0 Å². The summed E-state index contributed by atoms with van der Waals surface area (Å²) in [6, 6.07) is 0.245. The van der Waals surface area contributed by atoms with Gasteiger partial charge in [0.2, 0.25) is 5.91 Å². The molecule has 2 heterocycles. The second-order valence-electron chi connectivity index (χ2n) is 6.46. The molecule has 0 aliphatic carbocycles. The molecular formula is C16H31N3O2. The van der Waals surface area contributed by atoms with E-state index >= 15 is 0 Å². The van der Waals surface area contributed by atoms with Gasteiger partial charge in [-0.15, -0.1) is 0 Å². The van der Waals surface area contributed by atoms with Gasteiger partial charge in [-0.05, 0) is 19.3 Å². The lowest BCUT2D eigenvalue weighted by molar-refractivity contribution is -0.133. The van der Waals surface area contributed by atoms with Crippen LogP contribution in [0.2, 0.25) is 0 Å². The highest BCUT2D eigenvalue weighted by Crippen LogP contribution is 2.23. The number of carbonyl (C=O) groups excluding carboxylic acids is 1. The highest BCUT2D eigenvalue weighted by Gasteiger charge is 2.42. The Kier molecular flexibility index (Phi) is 6.02. The minimum atomic E-state index is -0.00732. The Hall–Kier alpha value is -0.650. The largest absolute Gasteiger partial charge is 0.379 e. The molecule has 0 aromatic heterocycles. The van der Waals surface area contributed by atoms with Crippen molar-refractivity contribution in [2.45, 2.75) is 58.8 Å². The summed E-state index contributed by atoms with van der Waals surface area (Å²) in [5.41, 5.74) is 0. The van der Waals surface area contributed by atoms with Crippen LogP contribution in [-0.4, -0.2) is 66.8 Å². The van der Waals surface area contributed by atoms with Gasteiger partial charge in [0.05, 0.1) is 25.4 Å². The summed E-state index contributed by atoms with van der Waals surface area (Å²) in [7, 11) is 0. The summed E-state index contributed by atoms with van der Waals surface area (Å²) >= 11 is 0. The molecule has 0 aromatic rings. The summed E-state index contributed by atoms with van der Waals surface area (Å²) in [4.78, 5) is 17.3. The zero-order valence-corrected chi connectivity index (χ0v) is 14.0. The predicted molar refractivity (Wildman–Crippen MR) is 84.0 cm³/mol. The van der Waals surface area contributed by atoms with Crippen molar-refractivity contribution in [3.63, 3.8) is 0 Å². The number of amides is 1. The number of carbonyl (C=O) groups is 1. The summed E-state index contributed by atoms with van der Waals surface area (Å²) in [6.45, 7) is 13.2. The van der Waals surface area contributed by atoms with Crippen molar-refractivity contribution in [1.29, 1.82) is 0 Å². The third-order valence-corrected chi connectivity index (χ3v) is 4.93. The molecule has 21 heavy (non-hydrogen) atoms. The van der Waals surface area contributed by atoms with Crippen molar-refractivity contribution in [1.82, 2.24) is 15.1 Å². The molecule has 1 N–H and O–H groups in total. The van der Waals surface area contributed by atoms with E-state index in [2.05, 4.69) is 42.8 Å². The van der Waals surface area contributed by atoms with Crippen LogP contribution < -0.4 is 5.32 Å². The Labute approximate surface area is 129 Å². The highest BCUT2D eigenvalue weighted by atomic mass is 16.5. The van der Waals surface area contributed by atoms with E-state index in [-0.39, 0.29) is 24.2 Å². The average molecular weight is 297 g/mol. The minimum Gasteiger partial charge on any atom is -0.379 e. The third-order valence-electron chi connectivity index (χ3n) is 4.93. The van der Waals surface area contributed by atoms with Crippen molar-refractivity contribution >= 4 is 5.91 Å². The lowest BCUT2D eigenvalue weighted by atomic mass is 9.99. The zero-order chi connectivity index (χ0) is 15.4. The van der Waals surface area contributed by atoms with Crippen LogP contribution in [0.15, 0.2) is 0 Å². The van der Waals surface area contributed by atoms with Crippen LogP contribution in [0.5, 0.6) is 0 Å². The van der Waals surface area contributed by atoms with Crippen LogP contribution in [-0.2, 0) is 9.53 Å². The number of hydrogen-bond donors (Lipinski definition) is 1. The molecular weight excluding hydrogens is 266 g/mol. The first kappa shape index (κ1) is 16.7. The molecule has 4 atom stereocenters. The Morgan fingerprint density at radius 3 is 2.52 bits per heavy atom. The van der Waals surface area contributed by atoms with Gasteiger partial charge < -0.3 is 9.64 Å². The lowest BCUT2D eigenvalue weighted by Crippen LogP contribution is -2.50. The first-order valence-electron chi connectivity index (χ1n) is 8.46. The molecule has 2 fully saturated rings. The van der Waals surface area contributed by atoms with Gasteiger partial charge >= 0.3 is 0 Å². The number of hydrogen-bond acceptors (Lipinski definition) is 4. The van der Waals surface area contributed by atoms with E-state index in [1.165, 1.54) is 0 Å². The van der Waals surface area contributed by atoms with Gasteiger partial charge in [-0.3, -0.25) is 15.0 Å². The molecule has 5 nitrogen and oxygen atoms in total. The Morgan fingerprint density at radius 1 is 1.29 bits per heavy atom. The molecule has 0 spiro atoms. The van der Waals surface area contributed by atoms with Crippen LogP contribution in [0.4, 0.5) is 0 Å². The van der Waals surface area contributed by atoms with E-state index < -0.39 is 0 Å². The molecule has 2 aliphatic rings. The maximum absolute atomic E-state index is 12.8. The van der Waals surface area contributed by atoms with E-state index in [0.717, 1.165) is 45.7 Å². The fourth-order valence-corrected chi connectivity index (χ4v) is 3.40. The van der Waals surface area contributed by atoms with Crippen molar-refractivity contribution in [3.8, 4) is 0 Å². The van der Waals surface area contributed by atoms with Crippen LogP contribution >= 0.6 is 0 Å². The summed E-state index contributed by atoms with van der Waals surface area (Å²) in [5, 5.41) is 3.54. The fourth-order valence-electron chi connectivity index (χ4n) is 3.40. The van der Waals surface area contributed by atoms with Gasteiger partial charge in [0.1, 0.15) is 0 Å². The third kappa shape index (κ3) is 3.76. The smallest absolute Gasteiger partial charge is 0.241 e. The molecule has 0 radical (unpaired) electrons.